The first-order valence-electron chi connectivity index (χ1n) is 15.8. The van der Waals surface area contributed by atoms with Crippen LogP contribution in [0, 0.1) is 13.8 Å². The second-order valence-corrected chi connectivity index (χ2v) is 8.70. The van der Waals surface area contributed by atoms with Crippen LogP contribution in [0.15, 0.2) is 103 Å². The molecule has 0 spiro atoms. The molecule has 0 aromatic heterocycles. The molecule has 7 rings (SSSR count). The van der Waals surface area contributed by atoms with Gasteiger partial charge in [0.1, 0.15) is 23.0 Å². The van der Waals surface area contributed by atoms with E-state index < -0.39 is 24.8 Å². The molecule has 0 amide bonds. The zero-order chi connectivity index (χ0) is 31.4. The number of fused-ring (bicyclic) bond motifs is 4. The van der Waals surface area contributed by atoms with Crippen LogP contribution in [0.2, 0.25) is 0 Å². The van der Waals surface area contributed by atoms with Gasteiger partial charge >= 0.3 is 0 Å². The quantitative estimate of drug-likeness (QED) is 0.280. The average molecular weight is 459 g/mol. The molecule has 0 fully saturated rings. The number of aryl methyl sites for hydroxylation is 2. The van der Waals surface area contributed by atoms with Crippen molar-refractivity contribution in [3.8, 4) is 45.3 Å². The number of ether oxygens (including phenoxy) is 2. The van der Waals surface area contributed by atoms with Crippen molar-refractivity contribution in [1.82, 2.24) is 0 Å². The van der Waals surface area contributed by atoms with Gasteiger partial charge < -0.3 is 9.47 Å². The van der Waals surface area contributed by atoms with Crippen molar-refractivity contribution in [3.63, 3.8) is 0 Å². The Labute approximate surface area is 218 Å². The van der Waals surface area contributed by atoms with Crippen LogP contribution in [-0.4, -0.2) is 6.71 Å². The number of hydrogen-bond donors (Lipinski definition) is 0. The summed E-state index contributed by atoms with van der Waals surface area (Å²) < 4.78 is 93.1. The summed E-state index contributed by atoms with van der Waals surface area (Å²) in [6, 6.07) is 11.6. The summed E-state index contributed by atoms with van der Waals surface area (Å²) in [6.45, 7) is 2.52. The maximum Gasteiger partial charge on any atom is 0.260 e. The van der Waals surface area contributed by atoms with Gasteiger partial charge in [-0.1, -0.05) is 78.7 Å². The lowest BCUT2D eigenvalue weighted by Crippen LogP contribution is -2.57. The van der Waals surface area contributed by atoms with Crippen LogP contribution in [-0.2, 0) is 0 Å². The lowest BCUT2D eigenvalue weighted by atomic mass is 9.35. The standard InChI is InChI=1S/C32H23BO2/c1-20-8-3-5-10-24(20)22-14-16-26-30(18-22)34-28-12-7-13-29-32(28)33(26)27-17-15-23(19-31(27)35-29)25-11-6-4-9-21(25)2/h3-19H,1-2H3/i7D,12D,13D,14D,15D,16D,17D,18D,19D. The number of benzene rings is 5. The van der Waals surface area contributed by atoms with Crippen LogP contribution >= 0.6 is 0 Å². The SMILES string of the molecule is [2H]c1c([2H])c2c3c(c1[2H])Oc1c([2H])c(-c4ccccc4C)c([2H])c([2H])c1B3c1c([2H])c([2H])c(-c3ccccc3C)c([2H])c1O2. The van der Waals surface area contributed by atoms with Crippen LogP contribution in [0.1, 0.15) is 23.5 Å². The molecule has 2 heterocycles. The summed E-state index contributed by atoms with van der Waals surface area (Å²) in [4.78, 5) is 0. The van der Waals surface area contributed by atoms with Crippen molar-refractivity contribution in [3.05, 3.63) is 114 Å². The normalized spacial score (nSPS) is 16.3. The van der Waals surface area contributed by atoms with E-state index in [9.17, 15) is 5.48 Å². The molecule has 0 aliphatic carbocycles. The maximum absolute atomic E-state index is 9.21. The molecule has 0 N–H and O–H groups in total. The largest absolute Gasteiger partial charge is 0.458 e. The molecule has 0 atom stereocenters. The molecule has 0 radical (unpaired) electrons. The lowest BCUT2D eigenvalue weighted by molar-refractivity contribution is 0.464. The molecular weight excluding hydrogens is 427 g/mol. The van der Waals surface area contributed by atoms with Gasteiger partial charge in [-0.3, -0.25) is 0 Å². The summed E-state index contributed by atoms with van der Waals surface area (Å²) in [5, 5.41) is 0. The van der Waals surface area contributed by atoms with Crippen LogP contribution in [0.3, 0.4) is 0 Å². The summed E-state index contributed by atoms with van der Waals surface area (Å²) >= 11 is 0. The highest BCUT2D eigenvalue weighted by atomic mass is 16.5. The molecule has 0 bridgehead atoms. The topological polar surface area (TPSA) is 18.5 Å². The molecule has 35 heavy (non-hydrogen) atoms. The molecule has 5 aromatic carbocycles. The van der Waals surface area contributed by atoms with E-state index in [1.54, 1.807) is 24.3 Å². The molecule has 2 nitrogen and oxygen atoms in total. The molecule has 0 unspecified atom stereocenters. The van der Waals surface area contributed by atoms with Gasteiger partial charge in [0.15, 0.2) is 0 Å². The summed E-state index contributed by atoms with van der Waals surface area (Å²) in [6.07, 6.45) is 0. The second-order valence-electron chi connectivity index (χ2n) is 8.70. The van der Waals surface area contributed by atoms with Gasteiger partial charge in [-0.05, 0) is 82.3 Å². The van der Waals surface area contributed by atoms with Gasteiger partial charge in [0.2, 0.25) is 0 Å². The van der Waals surface area contributed by atoms with E-state index in [-0.39, 0.29) is 86.8 Å². The Morgan fingerprint density at radius 1 is 0.600 bits per heavy atom. The van der Waals surface area contributed by atoms with Crippen LogP contribution in [0.4, 0.5) is 0 Å². The first-order valence-corrected chi connectivity index (χ1v) is 11.3. The van der Waals surface area contributed by atoms with Crippen molar-refractivity contribution in [1.29, 1.82) is 0 Å². The first-order chi connectivity index (χ1) is 21.0. The Morgan fingerprint density at radius 3 is 1.57 bits per heavy atom. The van der Waals surface area contributed by atoms with Crippen molar-refractivity contribution >= 4 is 23.1 Å². The molecule has 0 saturated carbocycles. The zero-order valence-electron chi connectivity index (χ0n) is 28.0. The molecule has 166 valence electrons. The Balaban J connectivity index is 1.62. The Bertz CT molecular complexity index is 1970. The van der Waals surface area contributed by atoms with Crippen molar-refractivity contribution < 1.29 is 21.8 Å². The fraction of sp³-hybridized carbons (Fsp3) is 0.0625. The number of rotatable bonds is 2. The van der Waals surface area contributed by atoms with Gasteiger partial charge in [-0.25, -0.2) is 0 Å². The van der Waals surface area contributed by atoms with Crippen LogP contribution < -0.4 is 25.9 Å². The maximum atomic E-state index is 9.21. The second kappa shape index (κ2) is 7.64. The minimum Gasteiger partial charge on any atom is -0.458 e. The summed E-state index contributed by atoms with van der Waals surface area (Å²) in [5.74, 6) is -0.504. The highest BCUT2D eigenvalue weighted by molar-refractivity contribution is 6.98. The molecule has 3 heteroatoms. The first kappa shape index (κ1) is 13.0. The minimum atomic E-state index is -1.15. The van der Waals surface area contributed by atoms with E-state index in [0.717, 1.165) is 11.1 Å². The smallest absolute Gasteiger partial charge is 0.260 e. The van der Waals surface area contributed by atoms with E-state index >= 15 is 0 Å². The zero-order valence-corrected chi connectivity index (χ0v) is 19.0. The predicted octanol–water partition coefficient (Wildman–Crippen LogP) is 6.37. The molecule has 5 aromatic rings. The van der Waals surface area contributed by atoms with E-state index in [2.05, 4.69) is 0 Å². The summed E-state index contributed by atoms with van der Waals surface area (Å²) in [7, 11) is 0. The third kappa shape index (κ3) is 3.12. The Morgan fingerprint density at radius 2 is 1.09 bits per heavy atom. The van der Waals surface area contributed by atoms with Crippen molar-refractivity contribution in [2.45, 2.75) is 13.8 Å². The predicted molar refractivity (Wildman–Crippen MR) is 144 cm³/mol. The molecule has 2 aliphatic heterocycles. The lowest BCUT2D eigenvalue weighted by Gasteiger charge is -2.33. The van der Waals surface area contributed by atoms with Crippen molar-refractivity contribution in [2.75, 3.05) is 0 Å². The minimum absolute atomic E-state index is 0.0584. The average Bonchev–Trinajstić information content (AvgIpc) is 3.01. The van der Waals surface area contributed by atoms with E-state index in [0.29, 0.717) is 11.1 Å². The Hall–Kier alpha value is -4.24. The van der Waals surface area contributed by atoms with Gasteiger partial charge in [-0.15, -0.1) is 0 Å². The highest BCUT2D eigenvalue weighted by Crippen LogP contribution is 2.37. The molecule has 0 saturated heterocycles. The van der Waals surface area contributed by atoms with Gasteiger partial charge in [0.25, 0.3) is 6.71 Å². The van der Waals surface area contributed by atoms with E-state index in [1.807, 2.05) is 38.1 Å². The van der Waals surface area contributed by atoms with Gasteiger partial charge in [0.05, 0.1) is 12.3 Å². The fourth-order valence-corrected chi connectivity index (χ4v) is 4.78. The third-order valence-electron chi connectivity index (χ3n) is 6.56. The Kier molecular flexibility index (Phi) is 2.84. The third-order valence-corrected chi connectivity index (χ3v) is 6.56. The summed E-state index contributed by atoms with van der Waals surface area (Å²) in [5.41, 5.74) is 3.28. The van der Waals surface area contributed by atoms with Gasteiger partial charge in [0, 0.05) is 5.46 Å². The van der Waals surface area contributed by atoms with Gasteiger partial charge in [-0.2, -0.15) is 0 Å². The van der Waals surface area contributed by atoms with Crippen LogP contribution in [0.25, 0.3) is 22.3 Å². The fourth-order valence-electron chi connectivity index (χ4n) is 4.78. The van der Waals surface area contributed by atoms with E-state index in [4.69, 9.17) is 16.3 Å². The van der Waals surface area contributed by atoms with E-state index in [1.165, 1.54) is 0 Å². The molecular formula is C32H23BO2. The van der Waals surface area contributed by atoms with Crippen molar-refractivity contribution in [2.24, 2.45) is 0 Å². The monoisotopic (exact) mass is 459 g/mol. The number of hydrogen-bond acceptors (Lipinski definition) is 2. The molecule has 2 aliphatic rings. The van der Waals surface area contributed by atoms with Crippen LogP contribution in [0.5, 0.6) is 23.0 Å². The highest BCUT2D eigenvalue weighted by Gasteiger charge is 2.40.